The smallest absolute Gasteiger partial charge is 0.134 e. The van der Waals surface area contributed by atoms with Gasteiger partial charge in [0.15, 0.2) is 0 Å². The Bertz CT molecular complexity index is 735. The summed E-state index contributed by atoms with van der Waals surface area (Å²) in [6.45, 7) is 2.14. The number of nitrogens with zero attached hydrogens (tertiary/aromatic N) is 4. The van der Waals surface area contributed by atoms with Gasteiger partial charge in [-0.3, -0.25) is 0 Å². The summed E-state index contributed by atoms with van der Waals surface area (Å²) in [5.74, 6) is 2.30. The van der Waals surface area contributed by atoms with Crippen molar-refractivity contribution in [1.82, 2.24) is 9.97 Å². The quantitative estimate of drug-likeness (QED) is 0.929. The molecule has 0 saturated carbocycles. The van der Waals surface area contributed by atoms with E-state index in [0.717, 1.165) is 50.4 Å². The SMILES string of the molecule is CN(c1cc(N2CCCC(CO)C2)ncn1)C1CCc2ccccc21. The van der Waals surface area contributed by atoms with E-state index >= 15 is 0 Å². The maximum absolute atomic E-state index is 9.47. The van der Waals surface area contributed by atoms with E-state index in [4.69, 9.17) is 0 Å². The van der Waals surface area contributed by atoms with Crippen LogP contribution in [0.15, 0.2) is 36.7 Å². The zero-order valence-corrected chi connectivity index (χ0v) is 14.8. The highest BCUT2D eigenvalue weighted by molar-refractivity contribution is 5.52. The number of aliphatic hydroxyl groups excluding tert-OH is 1. The molecule has 5 heteroatoms. The van der Waals surface area contributed by atoms with Crippen LogP contribution in [0, 0.1) is 5.92 Å². The average Bonchev–Trinajstić information content (AvgIpc) is 3.11. The summed E-state index contributed by atoms with van der Waals surface area (Å²) in [5, 5.41) is 9.47. The predicted molar refractivity (Wildman–Crippen MR) is 100.0 cm³/mol. The van der Waals surface area contributed by atoms with Crippen LogP contribution in [0.1, 0.15) is 36.4 Å². The Hall–Kier alpha value is -2.14. The van der Waals surface area contributed by atoms with Crippen molar-refractivity contribution in [3.05, 3.63) is 47.8 Å². The van der Waals surface area contributed by atoms with Crippen molar-refractivity contribution in [2.24, 2.45) is 5.92 Å². The lowest BCUT2D eigenvalue weighted by molar-refractivity contribution is 0.208. The summed E-state index contributed by atoms with van der Waals surface area (Å²) < 4.78 is 0. The van der Waals surface area contributed by atoms with Gasteiger partial charge in [-0.1, -0.05) is 24.3 Å². The van der Waals surface area contributed by atoms with Crippen LogP contribution in [0.3, 0.4) is 0 Å². The van der Waals surface area contributed by atoms with Crippen molar-refractivity contribution >= 4 is 11.6 Å². The third kappa shape index (κ3) is 3.21. The van der Waals surface area contributed by atoms with Gasteiger partial charge >= 0.3 is 0 Å². The highest BCUT2D eigenvalue weighted by Crippen LogP contribution is 2.37. The summed E-state index contributed by atoms with van der Waals surface area (Å²) in [4.78, 5) is 13.6. The van der Waals surface area contributed by atoms with E-state index < -0.39 is 0 Å². The number of piperidine rings is 1. The monoisotopic (exact) mass is 338 g/mol. The Labute approximate surface area is 149 Å². The van der Waals surface area contributed by atoms with E-state index in [1.807, 2.05) is 0 Å². The lowest BCUT2D eigenvalue weighted by Crippen LogP contribution is -2.37. The molecule has 0 bridgehead atoms. The van der Waals surface area contributed by atoms with Crippen LogP contribution < -0.4 is 9.80 Å². The van der Waals surface area contributed by atoms with Crippen molar-refractivity contribution in [2.45, 2.75) is 31.7 Å². The Morgan fingerprint density at radius 2 is 2.12 bits per heavy atom. The number of aliphatic hydroxyl groups is 1. The van der Waals surface area contributed by atoms with Crippen molar-refractivity contribution in [3.8, 4) is 0 Å². The lowest BCUT2D eigenvalue weighted by atomic mass is 9.99. The van der Waals surface area contributed by atoms with Crippen LogP contribution in [0.2, 0.25) is 0 Å². The summed E-state index contributed by atoms with van der Waals surface area (Å²) in [6, 6.07) is 11.2. The molecule has 1 saturated heterocycles. The number of hydrogen-bond acceptors (Lipinski definition) is 5. The second kappa shape index (κ2) is 7.00. The van der Waals surface area contributed by atoms with Gasteiger partial charge in [-0.15, -0.1) is 0 Å². The third-order valence-corrected chi connectivity index (χ3v) is 5.67. The van der Waals surface area contributed by atoms with Crippen LogP contribution in [-0.2, 0) is 6.42 Å². The molecule has 1 fully saturated rings. The van der Waals surface area contributed by atoms with E-state index in [9.17, 15) is 5.11 Å². The summed E-state index contributed by atoms with van der Waals surface area (Å²) in [6.07, 6.45) is 6.14. The van der Waals surface area contributed by atoms with Crippen LogP contribution >= 0.6 is 0 Å². The van der Waals surface area contributed by atoms with Gasteiger partial charge < -0.3 is 14.9 Å². The van der Waals surface area contributed by atoms with Crippen molar-refractivity contribution < 1.29 is 5.11 Å². The lowest BCUT2D eigenvalue weighted by Gasteiger charge is -2.33. The van der Waals surface area contributed by atoms with Crippen LogP contribution in [0.5, 0.6) is 0 Å². The number of hydrogen-bond donors (Lipinski definition) is 1. The number of anilines is 2. The first-order valence-electron chi connectivity index (χ1n) is 9.24. The zero-order valence-electron chi connectivity index (χ0n) is 14.8. The standard InChI is InChI=1S/C20H26N4O/c1-23(18-9-8-16-6-2-3-7-17(16)18)19-11-20(22-14-21-19)24-10-4-5-15(12-24)13-25/h2-3,6-7,11,14-15,18,25H,4-5,8-10,12-13H2,1H3. The Morgan fingerprint density at radius 3 is 3.00 bits per heavy atom. The molecule has 2 atom stereocenters. The summed E-state index contributed by atoms with van der Waals surface area (Å²) >= 11 is 0. The minimum Gasteiger partial charge on any atom is -0.396 e. The van der Waals surface area contributed by atoms with Crippen molar-refractivity contribution in [3.63, 3.8) is 0 Å². The van der Waals surface area contributed by atoms with E-state index in [1.54, 1.807) is 6.33 Å². The molecule has 2 aromatic rings. The number of aryl methyl sites for hydroxylation is 1. The molecule has 25 heavy (non-hydrogen) atoms. The zero-order chi connectivity index (χ0) is 17.2. The Morgan fingerprint density at radius 1 is 1.24 bits per heavy atom. The first-order chi connectivity index (χ1) is 12.3. The van der Waals surface area contributed by atoms with Gasteiger partial charge in [0.1, 0.15) is 18.0 Å². The molecule has 0 spiro atoms. The molecule has 5 nitrogen and oxygen atoms in total. The fourth-order valence-corrected chi connectivity index (χ4v) is 4.22. The second-order valence-corrected chi connectivity index (χ2v) is 7.24. The van der Waals surface area contributed by atoms with E-state index in [1.165, 1.54) is 11.1 Å². The molecular formula is C20H26N4O. The van der Waals surface area contributed by atoms with Gasteiger partial charge in [-0.2, -0.15) is 0 Å². The van der Waals surface area contributed by atoms with Crippen LogP contribution in [-0.4, -0.2) is 41.8 Å². The predicted octanol–water partition coefficient (Wildman–Crippen LogP) is 2.81. The van der Waals surface area contributed by atoms with Gasteiger partial charge in [0.25, 0.3) is 0 Å². The maximum Gasteiger partial charge on any atom is 0.134 e. The summed E-state index contributed by atoms with van der Waals surface area (Å²) in [5.41, 5.74) is 2.87. The first-order valence-corrected chi connectivity index (χ1v) is 9.24. The molecule has 1 aromatic carbocycles. The number of rotatable bonds is 4. The summed E-state index contributed by atoms with van der Waals surface area (Å²) in [7, 11) is 2.13. The van der Waals surface area contributed by atoms with E-state index in [-0.39, 0.29) is 6.61 Å². The Kier molecular flexibility index (Phi) is 4.57. The molecular weight excluding hydrogens is 312 g/mol. The van der Waals surface area contributed by atoms with Gasteiger partial charge in [-0.25, -0.2) is 9.97 Å². The van der Waals surface area contributed by atoms with Crippen molar-refractivity contribution in [1.29, 1.82) is 0 Å². The van der Waals surface area contributed by atoms with Crippen LogP contribution in [0.4, 0.5) is 11.6 Å². The van der Waals surface area contributed by atoms with Gasteiger partial charge in [0.2, 0.25) is 0 Å². The van der Waals surface area contributed by atoms with E-state index in [0.29, 0.717) is 12.0 Å². The number of aromatic nitrogens is 2. The molecule has 1 aliphatic heterocycles. The molecule has 0 radical (unpaired) electrons. The fourth-order valence-electron chi connectivity index (χ4n) is 4.22. The molecule has 2 unspecified atom stereocenters. The van der Waals surface area contributed by atoms with E-state index in [2.05, 4.69) is 57.1 Å². The minimum atomic E-state index is 0.257. The molecule has 1 N–H and O–H groups in total. The fraction of sp³-hybridized carbons (Fsp3) is 0.500. The van der Waals surface area contributed by atoms with Gasteiger partial charge in [0.05, 0.1) is 6.04 Å². The van der Waals surface area contributed by atoms with Crippen molar-refractivity contribution in [2.75, 3.05) is 36.5 Å². The van der Waals surface area contributed by atoms with Gasteiger partial charge in [0, 0.05) is 32.8 Å². The highest BCUT2D eigenvalue weighted by atomic mass is 16.3. The van der Waals surface area contributed by atoms with Crippen LogP contribution in [0.25, 0.3) is 0 Å². The maximum atomic E-state index is 9.47. The molecule has 132 valence electrons. The molecule has 1 aromatic heterocycles. The third-order valence-electron chi connectivity index (χ3n) is 5.67. The number of fused-ring (bicyclic) bond motifs is 1. The largest absolute Gasteiger partial charge is 0.396 e. The average molecular weight is 338 g/mol. The number of benzene rings is 1. The van der Waals surface area contributed by atoms with Gasteiger partial charge in [-0.05, 0) is 42.7 Å². The molecule has 1 aliphatic carbocycles. The minimum absolute atomic E-state index is 0.257. The first kappa shape index (κ1) is 16.3. The molecule has 4 rings (SSSR count). The molecule has 0 amide bonds. The molecule has 2 heterocycles. The Balaban J connectivity index is 1.55. The second-order valence-electron chi connectivity index (χ2n) is 7.24. The topological polar surface area (TPSA) is 52.5 Å². The normalized spacial score (nSPS) is 22.7. The molecule has 2 aliphatic rings. The highest BCUT2D eigenvalue weighted by Gasteiger charge is 2.27.